The van der Waals surface area contributed by atoms with Crippen LogP contribution in [0, 0.1) is 11.8 Å². The summed E-state index contributed by atoms with van der Waals surface area (Å²) >= 11 is 0. The van der Waals surface area contributed by atoms with E-state index in [4.69, 9.17) is 9.94 Å². The van der Waals surface area contributed by atoms with Crippen LogP contribution in [0.3, 0.4) is 0 Å². The number of carbonyl (C=O) groups excluding carboxylic acids is 1. The molecule has 15 heteroatoms. The molecule has 0 spiro atoms. The van der Waals surface area contributed by atoms with Crippen LogP contribution in [0.2, 0.25) is 0 Å². The zero-order valence-corrected chi connectivity index (χ0v) is 23.4. The van der Waals surface area contributed by atoms with E-state index in [1.807, 2.05) is 11.8 Å². The molecule has 1 aliphatic rings. The summed E-state index contributed by atoms with van der Waals surface area (Å²) in [4.78, 5) is 44.6. The highest BCUT2D eigenvalue weighted by Crippen LogP contribution is 2.32. The average Bonchev–Trinajstić information content (AvgIpc) is 3.20. The van der Waals surface area contributed by atoms with Crippen LogP contribution in [-0.4, -0.2) is 94.7 Å². The number of H-pyrrole nitrogens is 1. The highest BCUT2D eigenvalue weighted by Gasteiger charge is 2.30. The number of hydrogen-bond acceptors (Lipinski definition) is 9. The minimum absolute atomic E-state index is 0.0128. The number of sulfonamides is 1. The summed E-state index contributed by atoms with van der Waals surface area (Å²) < 4.78 is 35.7. The molecular weight excluding hydrogens is 544 g/mol. The lowest BCUT2D eigenvalue weighted by molar-refractivity contribution is -0.975. The maximum atomic E-state index is 13.6. The molecule has 0 radical (unpaired) electrons. The Hall–Kier alpha value is -3.82. The van der Waals surface area contributed by atoms with Crippen molar-refractivity contribution in [2.24, 2.45) is 0 Å². The molecular formula is C25H33N6O8S+. The summed E-state index contributed by atoms with van der Waals surface area (Å²) in [5.74, 6) is 0.463. The fraction of sp³-hybridized carbons (Fsp3) is 0.480. The van der Waals surface area contributed by atoms with Crippen molar-refractivity contribution in [2.45, 2.75) is 38.5 Å². The topological polar surface area (TPSA) is 167 Å². The van der Waals surface area contributed by atoms with Crippen molar-refractivity contribution in [2.75, 3.05) is 45.9 Å². The molecule has 0 saturated carbocycles. The van der Waals surface area contributed by atoms with Crippen molar-refractivity contribution in [1.29, 1.82) is 0 Å². The number of nitrogens with zero attached hydrogens (tertiary/aromatic N) is 5. The number of hydrogen-bond donors (Lipinski definition) is 2. The van der Waals surface area contributed by atoms with Gasteiger partial charge in [-0.2, -0.15) is 9.14 Å². The SMILES string of the molecule is CCCc1c(C=O)c(C)c2c(=O)[nH]c(-c3cc(S(=O)(=O)N4CCN(CCO[N+](=O)O)CC4)ccc3OCC)nn12. The number of carbonyl (C=O) groups is 1. The molecule has 2 aromatic heterocycles. The molecule has 0 aliphatic carbocycles. The number of aromatic nitrogens is 3. The third-order valence-electron chi connectivity index (χ3n) is 6.87. The molecule has 40 heavy (non-hydrogen) atoms. The van der Waals surface area contributed by atoms with Gasteiger partial charge in [0.2, 0.25) is 10.0 Å². The number of aldehydes is 1. The van der Waals surface area contributed by atoms with Crippen molar-refractivity contribution in [3.63, 3.8) is 0 Å². The van der Waals surface area contributed by atoms with Crippen molar-refractivity contribution < 1.29 is 33.1 Å². The molecule has 0 amide bonds. The predicted octanol–water partition coefficient (Wildman–Crippen LogP) is 1.57. The Morgan fingerprint density at radius 3 is 2.55 bits per heavy atom. The van der Waals surface area contributed by atoms with Crippen molar-refractivity contribution in [3.8, 4) is 17.1 Å². The summed E-state index contributed by atoms with van der Waals surface area (Å²) in [7, 11) is -3.91. The van der Waals surface area contributed by atoms with E-state index in [9.17, 15) is 22.9 Å². The van der Waals surface area contributed by atoms with Gasteiger partial charge >= 0.3 is 5.09 Å². The molecule has 2 N–H and O–H groups in total. The second kappa shape index (κ2) is 12.1. The van der Waals surface area contributed by atoms with Crippen molar-refractivity contribution in [1.82, 2.24) is 23.8 Å². The molecule has 4 rings (SSSR count). The number of ether oxygens (including phenoxy) is 1. The molecule has 3 aromatic rings. The lowest BCUT2D eigenvalue weighted by Crippen LogP contribution is -2.49. The number of aromatic amines is 1. The van der Waals surface area contributed by atoms with Crippen molar-refractivity contribution >= 4 is 21.8 Å². The number of fused-ring (bicyclic) bond motifs is 1. The summed E-state index contributed by atoms with van der Waals surface area (Å²) in [5.41, 5.74) is 1.68. The first-order chi connectivity index (χ1) is 19.1. The minimum Gasteiger partial charge on any atom is -0.493 e. The van der Waals surface area contributed by atoms with E-state index in [-0.39, 0.29) is 35.9 Å². The molecule has 14 nitrogen and oxygen atoms in total. The van der Waals surface area contributed by atoms with Crippen LogP contribution in [0.15, 0.2) is 27.9 Å². The van der Waals surface area contributed by atoms with Crippen LogP contribution in [-0.2, 0) is 21.3 Å². The number of aryl methyl sites for hydroxylation is 2. The van der Waals surface area contributed by atoms with E-state index < -0.39 is 20.7 Å². The van der Waals surface area contributed by atoms with E-state index in [2.05, 4.69) is 14.9 Å². The van der Waals surface area contributed by atoms with Crippen LogP contribution in [0.5, 0.6) is 5.75 Å². The Kier molecular flexibility index (Phi) is 8.85. The van der Waals surface area contributed by atoms with Gasteiger partial charge in [0.15, 0.2) is 18.7 Å². The summed E-state index contributed by atoms with van der Waals surface area (Å²) in [6.07, 6.45) is 1.98. The Morgan fingerprint density at radius 2 is 1.93 bits per heavy atom. The molecule has 1 saturated heterocycles. The first-order valence-corrected chi connectivity index (χ1v) is 14.4. The minimum atomic E-state index is -3.91. The average molecular weight is 578 g/mol. The van der Waals surface area contributed by atoms with Gasteiger partial charge in [0, 0.05) is 38.3 Å². The molecule has 1 aromatic carbocycles. The highest BCUT2D eigenvalue weighted by atomic mass is 32.2. The summed E-state index contributed by atoms with van der Waals surface area (Å²) in [6, 6.07) is 4.43. The van der Waals surface area contributed by atoms with Gasteiger partial charge in [0.05, 0.1) is 22.8 Å². The van der Waals surface area contributed by atoms with Gasteiger partial charge in [-0.25, -0.2) is 18.1 Å². The summed E-state index contributed by atoms with van der Waals surface area (Å²) in [5, 5.41) is 12.6. The van der Waals surface area contributed by atoms with Crippen LogP contribution in [0.25, 0.3) is 16.9 Å². The van der Waals surface area contributed by atoms with Crippen LogP contribution >= 0.6 is 0 Å². The third-order valence-corrected chi connectivity index (χ3v) is 8.77. The van der Waals surface area contributed by atoms with Gasteiger partial charge in [-0.15, -0.1) is 5.10 Å². The molecule has 0 bridgehead atoms. The first-order valence-electron chi connectivity index (χ1n) is 13.0. The number of nitrogens with one attached hydrogen (secondary N) is 1. The number of benzene rings is 1. The van der Waals surface area contributed by atoms with Gasteiger partial charge in [0.1, 0.15) is 16.2 Å². The number of rotatable bonds is 12. The molecule has 1 aliphatic heterocycles. The number of piperazine rings is 1. The lowest BCUT2D eigenvalue weighted by atomic mass is 10.1. The zero-order valence-electron chi connectivity index (χ0n) is 22.6. The Bertz CT molecular complexity index is 1570. The monoisotopic (exact) mass is 577 g/mol. The van der Waals surface area contributed by atoms with E-state index in [1.165, 1.54) is 27.0 Å². The zero-order chi connectivity index (χ0) is 29.0. The standard InChI is InChI=1S/C25H32N6O8S/c1-4-6-21-20(16-32)17(3)23-25(33)26-24(27-30(21)23)19-15-18(7-8-22(19)38-5-2)40(36,37)29-11-9-28(10-12-29)13-14-39-31(34)35/h7-8,15-16H,4-6,9-14H2,1-3H3,(H-,26,27,33,34,35)/p+1. The normalized spacial score (nSPS) is 14.9. The van der Waals surface area contributed by atoms with Crippen LogP contribution in [0.4, 0.5) is 0 Å². The Morgan fingerprint density at radius 1 is 1.20 bits per heavy atom. The molecule has 0 atom stereocenters. The van der Waals surface area contributed by atoms with Crippen LogP contribution < -0.4 is 10.3 Å². The molecule has 3 heterocycles. The molecule has 0 unspecified atom stereocenters. The third kappa shape index (κ3) is 5.71. The molecule has 216 valence electrons. The maximum absolute atomic E-state index is 13.6. The fourth-order valence-electron chi connectivity index (χ4n) is 4.90. The van der Waals surface area contributed by atoms with E-state index in [0.29, 0.717) is 60.8 Å². The van der Waals surface area contributed by atoms with Gasteiger partial charge in [-0.3, -0.25) is 14.5 Å². The Balaban J connectivity index is 1.71. The second-order valence-corrected chi connectivity index (χ2v) is 11.3. The second-order valence-electron chi connectivity index (χ2n) is 9.32. The fourth-order valence-corrected chi connectivity index (χ4v) is 6.35. The van der Waals surface area contributed by atoms with Gasteiger partial charge in [-0.05, 0) is 44.0 Å². The predicted molar refractivity (Wildman–Crippen MR) is 143 cm³/mol. The first kappa shape index (κ1) is 29.2. The summed E-state index contributed by atoms with van der Waals surface area (Å²) in [6.45, 7) is 7.32. The Labute approximate surface area is 230 Å². The largest absolute Gasteiger partial charge is 0.493 e. The van der Waals surface area contributed by atoms with E-state index in [1.54, 1.807) is 13.8 Å². The lowest BCUT2D eigenvalue weighted by Gasteiger charge is -2.33. The maximum Gasteiger partial charge on any atom is 0.475 e. The van der Waals surface area contributed by atoms with Gasteiger partial charge in [-0.1, -0.05) is 13.3 Å². The van der Waals surface area contributed by atoms with Gasteiger partial charge < -0.3 is 9.72 Å². The van der Waals surface area contributed by atoms with E-state index in [0.717, 1.165) is 12.7 Å². The smallest absolute Gasteiger partial charge is 0.475 e. The quantitative estimate of drug-likeness (QED) is 0.238. The van der Waals surface area contributed by atoms with Crippen molar-refractivity contribution in [3.05, 3.63) is 50.3 Å². The van der Waals surface area contributed by atoms with Gasteiger partial charge in [0.25, 0.3) is 5.56 Å². The van der Waals surface area contributed by atoms with Crippen LogP contribution in [0.1, 0.15) is 41.9 Å². The highest BCUT2D eigenvalue weighted by molar-refractivity contribution is 7.89. The molecule has 1 fully saturated rings. The van der Waals surface area contributed by atoms with E-state index >= 15 is 0 Å².